The van der Waals surface area contributed by atoms with E-state index < -0.39 is 12.1 Å². The lowest BCUT2D eigenvalue weighted by Gasteiger charge is -2.05. The maximum atomic E-state index is 11.7. The first-order valence-corrected chi connectivity index (χ1v) is 4.90. The molecule has 1 aliphatic heterocycles. The molecule has 0 spiro atoms. The molecule has 0 aromatic carbocycles. The van der Waals surface area contributed by atoms with Crippen LogP contribution in [0.5, 0.6) is 5.75 Å². The molecule has 0 saturated heterocycles. The summed E-state index contributed by atoms with van der Waals surface area (Å²) in [6.07, 6.45) is -1.10. The summed E-state index contributed by atoms with van der Waals surface area (Å²) in [7, 11) is 1.23. The van der Waals surface area contributed by atoms with Gasteiger partial charge in [-0.1, -0.05) is 0 Å². The number of hydrogen-bond donors (Lipinski definition) is 0. The molecule has 1 aliphatic rings. The van der Waals surface area contributed by atoms with Crippen molar-refractivity contribution in [2.45, 2.75) is 13.0 Å². The van der Waals surface area contributed by atoms with Crippen molar-refractivity contribution in [3.05, 3.63) is 15.8 Å². The van der Waals surface area contributed by atoms with Crippen LogP contribution in [0, 0.1) is 6.92 Å². The molecule has 1 aromatic rings. The number of rotatable bonds is 1. The van der Waals surface area contributed by atoms with Gasteiger partial charge in [-0.15, -0.1) is 11.3 Å². The quantitative estimate of drug-likeness (QED) is 0.518. The summed E-state index contributed by atoms with van der Waals surface area (Å²) < 4.78 is 9.64. The molecule has 2 heterocycles. The smallest absolute Gasteiger partial charge is 0.355 e. The normalized spacial score (nSPS) is 19.0. The van der Waals surface area contributed by atoms with Crippen LogP contribution in [0.2, 0.25) is 0 Å². The Balaban J connectivity index is 2.35. The molecule has 74 valence electrons. The van der Waals surface area contributed by atoms with Crippen LogP contribution in [0.3, 0.4) is 0 Å². The molecule has 0 fully saturated rings. The van der Waals surface area contributed by atoms with Crippen LogP contribution in [0.4, 0.5) is 0 Å². The molecule has 14 heavy (non-hydrogen) atoms. The fraction of sp³-hybridized carbons (Fsp3) is 0.333. The summed E-state index contributed by atoms with van der Waals surface area (Å²) in [5, 5.41) is 1.73. The Morgan fingerprint density at radius 3 is 2.93 bits per heavy atom. The van der Waals surface area contributed by atoms with Gasteiger partial charge in [0.2, 0.25) is 5.78 Å². The molecule has 2 rings (SSSR count). The highest BCUT2D eigenvalue weighted by molar-refractivity contribution is 7.10. The maximum absolute atomic E-state index is 11.7. The van der Waals surface area contributed by atoms with E-state index in [0.29, 0.717) is 11.3 Å². The van der Waals surface area contributed by atoms with E-state index in [2.05, 4.69) is 4.74 Å². The minimum Gasteiger partial charge on any atom is -0.469 e. The van der Waals surface area contributed by atoms with Gasteiger partial charge >= 0.3 is 5.97 Å². The number of ether oxygens (including phenoxy) is 2. The van der Waals surface area contributed by atoms with Crippen LogP contribution in [0.15, 0.2) is 5.38 Å². The minimum absolute atomic E-state index is 0.300. The number of aryl methyl sites for hydroxylation is 1. The van der Waals surface area contributed by atoms with E-state index in [4.69, 9.17) is 4.74 Å². The Labute approximate surface area is 84.4 Å². The Morgan fingerprint density at radius 2 is 2.36 bits per heavy atom. The van der Waals surface area contributed by atoms with E-state index in [-0.39, 0.29) is 5.78 Å². The highest BCUT2D eigenvalue weighted by atomic mass is 32.1. The third-order valence-corrected chi connectivity index (χ3v) is 2.98. The third-order valence-electron chi connectivity index (χ3n) is 2.09. The Morgan fingerprint density at radius 1 is 1.64 bits per heavy atom. The van der Waals surface area contributed by atoms with Crippen molar-refractivity contribution in [3.8, 4) is 5.75 Å². The van der Waals surface area contributed by atoms with Crippen molar-refractivity contribution in [3.63, 3.8) is 0 Å². The number of carbonyl (C=O) groups excluding carboxylic acids is 2. The number of ketones is 1. The standard InChI is InChI=1S/C9H8O4S/c1-4-6-5(3-14-4)13-8(7(6)10)9(11)12-2/h3,8H,1-2H3. The highest BCUT2D eigenvalue weighted by Crippen LogP contribution is 2.36. The number of fused-ring (bicyclic) bond motifs is 1. The number of methoxy groups -OCH3 is 1. The van der Waals surface area contributed by atoms with Crippen molar-refractivity contribution in [2.24, 2.45) is 0 Å². The second-order valence-electron chi connectivity index (χ2n) is 2.92. The Kier molecular flexibility index (Phi) is 2.03. The van der Waals surface area contributed by atoms with Crippen molar-refractivity contribution in [1.82, 2.24) is 0 Å². The zero-order valence-electron chi connectivity index (χ0n) is 7.70. The zero-order chi connectivity index (χ0) is 10.3. The minimum atomic E-state index is -1.10. The van der Waals surface area contributed by atoms with Gasteiger partial charge < -0.3 is 9.47 Å². The molecule has 1 unspecified atom stereocenters. The van der Waals surface area contributed by atoms with Gasteiger partial charge in [0.15, 0.2) is 0 Å². The van der Waals surface area contributed by atoms with E-state index in [0.717, 1.165) is 4.88 Å². The molecule has 0 N–H and O–H groups in total. The molecule has 0 amide bonds. The first kappa shape index (κ1) is 9.21. The molecule has 0 aliphatic carbocycles. The number of thiophene rings is 1. The first-order chi connectivity index (χ1) is 6.65. The van der Waals surface area contributed by atoms with Gasteiger partial charge in [0.05, 0.1) is 12.7 Å². The van der Waals surface area contributed by atoms with Crippen LogP contribution in [0.1, 0.15) is 15.2 Å². The molecular formula is C9H8O4S. The Hall–Kier alpha value is -1.36. The van der Waals surface area contributed by atoms with Gasteiger partial charge in [0.1, 0.15) is 5.75 Å². The molecule has 4 nitrogen and oxygen atoms in total. The summed E-state index contributed by atoms with van der Waals surface area (Å²) in [5.74, 6) is -0.450. The van der Waals surface area contributed by atoms with Crippen molar-refractivity contribution in [2.75, 3.05) is 7.11 Å². The molecule has 1 atom stereocenters. The van der Waals surface area contributed by atoms with Crippen LogP contribution >= 0.6 is 11.3 Å². The number of esters is 1. The second kappa shape index (κ2) is 3.09. The number of hydrogen-bond acceptors (Lipinski definition) is 5. The SMILES string of the molecule is COC(=O)C1Oc2csc(C)c2C1=O. The largest absolute Gasteiger partial charge is 0.469 e. The van der Waals surface area contributed by atoms with E-state index in [9.17, 15) is 9.59 Å². The summed E-state index contributed by atoms with van der Waals surface area (Å²) in [4.78, 5) is 23.7. The maximum Gasteiger partial charge on any atom is 0.355 e. The van der Waals surface area contributed by atoms with Crippen LogP contribution in [-0.4, -0.2) is 25.0 Å². The van der Waals surface area contributed by atoms with Crippen molar-refractivity contribution >= 4 is 23.1 Å². The monoisotopic (exact) mass is 212 g/mol. The lowest BCUT2D eigenvalue weighted by Crippen LogP contribution is -2.31. The first-order valence-electron chi connectivity index (χ1n) is 4.02. The van der Waals surface area contributed by atoms with Crippen LogP contribution in [-0.2, 0) is 9.53 Å². The predicted molar refractivity (Wildman–Crippen MR) is 49.8 cm³/mol. The van der Waals surface area contributed by atoms with E-state index in [1.807, 2.05) is 6.92 Å². The van der Waals surface area contributed by atoms with E-state index in [1.54, 1.807) is 5.38 Å². The average Bonchev–Trinajstić information content (AvgIpc) is 2.68. The highest BCUT2D eigenvalue weighted by Gasteiger charge is 2.40. The summed E-state index contributed by atoms with van der Waals surface area (Å²) >= 11 is 1.43. The summed E-state index contributed by atoms with van der Waals surface area (Å²) in [5.41, 5.74) is 0.519. The third kappa shape index (κ3) is 1.13. The lowest BCUT2D eigenvalue weighted by molar-refractivity contribution is -0.145. The van der Waals surface area contributed by atoms with Gasteiger partial charge in [-0.2, -0.15) is 0 Å². The zero-order valence-corrected chi connectivity index (χ0v) is 8.51. The number of carbonyl (C=O) groups is 2. The molecule has 0 radical (unpaired) electrons. The van der Waals surface area contributed by atoms with Gasteiger partial charge in [-0.05, 0) is 6.92 Å². The molecule has 5 heteroatoms. The number of Topliss-reactive ketones (excluding diaryl/α,β-unsaturated/α-hetero) is 1. The van der Waals surface area contributed by atoms with Crippen LogP contribution < -0.4 is 4.74 Å². The van der Waals surface area contributed by atoms with Gasteiger partial charge in [-0.3, -0.25) is 4.79 Å². The van der Waals surface area contributed by atoms with Crippen molar-refractivity contribution in [1.29, 1.82) is 0 Å². The average molecular weight is 212 g/mol. The van der Waals surface area contributed by atoms with Gasteiger partial charge in [0.25, 0.3) is 6.10 Å². The van der Waals surface area contributed by atoms with Gasteiger partial charge in [0, 0.05) is 10.3 Å². The fourth-order valence-corrected chi connectivity index (χ4v) is 2.16. The Bertz CT molecular complexity index is 407. The van der Waals surface area contributed by atoms with Crippen LogP contribution in [0.25, 0.3) is 0 Å². The molecule has 0 bridgehead atoms. The van der Waals surface area contributed by atoms with E-state index >= 15 is 0 Å². The topological polar surface area (TPSA) is 52.6 Å². The molecule has 1 aromatic heterocycles. The van der Waals surface area contributed by atoms with Crippen molar-refractivity contribution < 1.29 is 19.1 Å². The lowest BCUT2D eigenvalue weighted by atomic mass is 10.1. The summed E-state index contributed by atoms with van der Waals surface area (Å²) in [6, 6.07) is 0. The summed E-state index contributed by atoms with van der Waals surface area (Å²) in [6.45, 7) is 1.82. The van der Waals surface area contributed by atoms with E-state index in [1.165, 1.54) is 18.4 Å². The van der Waals surface area contributed by atoms with Gasteiger partial charge in [-0.25, -0.2) is 4.79 Å². The molecular weight excluding hydrogens is 204 g/mol. The molecule has 0 saturated carbocycles. The predicted octanol–water partition coefficient (Wildman–Crippen LogP) is 1.17. The fourth-order valence-electron chi connectivity index (χ4n) is 1.39. The second-order valence-corrected chi connectivity index (χ2v) is 4.00.